The Hall–Kier alpha value is -2.00. The third-order valence-corrected chi connectivity index (χ3v) is 3.08. The standard InChI is InChI=1S/C14H11ClO3/c1-8-4-9(2-3-13(8)15)10-5-11(14(17)18)7-12(16)6-10/h2-7,16H,1H3,(H,17,18). The number of hydrogen-bond donors (Lipinski definition) is 2. The zero-order valence-electron chi connectivity index (χ0n) is 9.64. The van der Waals surface area contributed by atoms with E-state index in [9.17, 15) is 9.90 Å². The topological polar surface area (TPSA) is 57.5 Å². The highest BCUT2D eigenvalue weighted by molar-refractivity contribution is 6.31. The maximum Gasteiger partial charge on any atom is 0.335 e. The quantitative estimate of drug-likeness (QED) is 0.867. The molecule has 2 aromatic carbocycles. The van der Waals surface area contributed by atoms with Crippen molar-refractivity contribution in [3.05, 3.63) is 52.5 Å². The molecule has 92 valence electrons. The first-order valence-corrected chi connectivity index (χ1v) is 5.69. The van der Waals surface area contributed by atoms with Gasteiger partial charge in [0.15, 0.2) is 0 Å². The van der Waals surface area contributed by atoms with E-state index in [1.807, 2.05) is 13.0 Å². The first kappa shape index (κ1) is 12.5. The van der Waals surface area contributed by atoms with E-state index in [0.717, 1.165) is 11.1 Å². The molecule has 0 amide bonds. The van der Waals surface area contributed by atoms with Crippen molar-refractivity contribution in [3.8, 4) is 16.9 Å². The number of carboxylic acid groups (broad SMARTS) is 1. The number of aromatic hydroxyl groups is 1. The fourth-order valence-electron chi connectivity index (χ4n) is 1.73. The molecule has 0 saturated heterocycles. The molecule has 0 fully saturated rings. The Bertz CT molecular complexity index is 620. The predicted molar refractivity (Wildman–Crippen MR) is 70.2 cm³/mol. The Balaban J connectivity index is 2.56. The van der Waals surface area contributed by atoms with Gasteiger partial charge in [-0.3, -0.25) is 0 Å². The lowest BCUT2D eigenvalue weighted by Gasteiger charge is -2.06. The Morgan fingerprint density at radius 1 is 1.11 bits per heavy atom. The monoisotopic (exact) mass is 262 g/mol. The van der Waals surface area contributed by atoms with Crippen LogP contribution in [0, 0.1) is 6.92 Å². The molecule has 0 saturated carbocycles. The number of carboxylic acids is 1. The van der Waals surface area contributed by atoms with Crippen LogP contribution >= 0.6 is 11.6 Å². The van der Waals surface area contributed by atoms with Gasteiger partial charge in [-0.1, -0.05) is 17.7 Å². The van der Waals surface area contributed by atoms with Gasteiger partial charge in [0, 0.05) is 5.02 Å². The molecule has 2 N–H and O–H groups in total. The van der Waals surface area contributed by atoms with Crippen molar-refractivity contribution in [2.45, 2.75) is 6.92 Å². The van der Waals surface area contributed by atoms with Gasteiger partial charge in [-0.25, -0.2) is 4.79 Å². The van der Waals surface area contributed by atoms with E-state index in [1.54, 1.807) is 12.1 Å². The van der Waals surface area contributed by atoms with Gasteiger partial charge in [-0.15, -0.1) is 0 Å². The number of hydrogen-bond acceptors (Lipinski definition) is 2. The second-order valence-electron chi connectivity index (χ2n) is 4.04. The molecule has 3 nitrogen and oxygen atoms in total. The maximum atomic E-state index is 10.9. The lowest BCUT2D eigenvalue weighted by Crippen LogP contribution is -1.96. The van der Waals surface area contributed by atoms with Gasteiger partial charge in [0.05, 0.1) is 5.56 Å². The molecule has 0 aliphatic rings. The van der Waals surface area contributed by atoms with Gasteiger partial charge in [0.2, 0.25) is 0 Å². The maximum absolute atomic E-state index is 10.9. The normalized spacial score (nSPS) is 10.3. The third kappa shape index (κ3) is 2.46. The zero-order valence-corrected chi connectivity index (χ0v) is 10.4. The minimum atomic E-state index is -1.07. The Morgan fingerprint density at radius 3 is 2.44 bits per heavy atom. The molecule has 2 rings (SSSR count). The van der Waals surface area contributed by atoms with Gasteiger partial charge in [0.25, 0.3) is 0 Å². The van der Waals surface area contributed by atoms with Crippen LogP contribution in [0.4, 0.5) is 0 Å². The Labute approximate surface area is 109 Å². The van der Waals surface area contributed by atoms with Crippen molar-refractivity contribution < 1.29 is 15.0 Å². The lowest BCUT2D eigenvalue weighted by molar-refractivity contribution is 0.0696. The zero-order chi connectivity index (χ0) is 13.3. The SMILES string of the molecule is Cc1cc(-c2cc(O)cc(C(=O)O)c2)ccc1Cl. The van der Waals surface area contributed by atoms with E-state index in [0.29, 0.717) is 10.6 Å². The molecule has 0 spiro atoms. The summed E-state index contributed by atoms with van der Waals surface area (Å²) in [4.78, 5) is 10.9. The molecular weight excluding hydrogens is 252 g/mol. The highest BCUT2D eigenvalue weighted by Gasteiger charge is 2.08. The molecule has 4 heteroatoms. The summed E-state index contributed by atoms with van der Waals surface area (Å²) < 4.78 is 0. The van der Waals surface area contributed by atoms with Crippen molar-refractivity contribution in [2.75, 3.05) is 0 Å². The van der Waals surface area contributed by atoms with E-state index in [-0.39, 0.29) is 11.3 Å². The number of phenolic OH excluding ortho intramolecular Hbond substituents is 1. The van der Waals surface area contributed by atoms with E-state index < -0.39 is 5.97 Å². The van der Waals surface area contributed by atoms with Crippen molar-refractivity contribution >= 4 is 17.6 Å². The molecule has 2 aromatic rings. The Kier molecular flexibility index (Phi) is 3.26. The molecule has 0 heterocycles. The van der Waals surface area contributed by atoms with Crippen LogP contribution in [-0.2, 0) is 0 Å². The minimum absolute atomic E-state index is 0.0533. The van der Waals surface area contributed by atoms with Crippen LogP contribution in [0.25, 0.3) is 11.1 Å². The third-order valence-electron chi connectivity index (χ3n) is 2.66. The van der Waals surface area contributed by atoms with Crippen LogP contribution in [0.5, 0.6) is 5.75 Å². The highest BCUT2D eigenvalue weighted by Crippen LogP contribution is 2.28. The van der Waals surface area contributed by atoms with Crippen LogP contribution in [0.2, 0.25) is 5.02 Å². The minimum Gasteiger partial charge on any atom is -0.508 e. The van der Waals surface area contributed by atoms with E-state index in [1.165, 1.54) is 18.2 Å². The fraction of sp³-hybridized carbons (Fsp3) is 0.0714. The van der Waals surface area contributed by atoms with Crippen molar-refractivity contribution in [1.29, 1.82) is 0 Å². The lowest BCUT2D eigenvalue weighted by atomic mass is 10.0. The van der Waals surface area contributed by atoms with Crippen molar-refractivity contribution in [2.24, 2.45) is 0 Å². The number of benzene rings is 2. The summed E-state index contributed by atoms with van der Waals surface area (Å²) in [6.07, 6.45) is 0. The molecule has 0 radical (unpaired) electrons. The predicted octanol–water partition coefficient (Wildman–Crippen LogP) is 3.72. The molecule has 18 heavy (non-hydrogen) atoms. The first-order valence-electron chi connectivity index (χ1n) is 5.31. The molecule has 0 bridgehead atoms. The van der Waals surface area contributed by atoms with Gasteiger partial charge in [-0.05, 0) is 53.9 Å². The van der Waals surface area contributed by atoms with Gasteiger partial charge in [-0.2, -0.15) is 0 Å². The van der Waals surface area contributed by atoms with Crippen LogP contribution in [0.15, 0.2) is 36.4 Å². The van der Waals surface area contributed by atoms with Gasteiger partial charge in [0.1, 0.15) is 5.75 Å². The van der Waals surface area contributed by atoms with E-state index >= 15 is 0 Å². The molecule has 0 unspecified atom stereocenters. The second kappa shape index (κ2) is 4.70. The van der Waals surface area contributed by atoms with Crippen LogP contribution in [0.3, 0.4) is 0 Å². The van der Waals surface area contributed by atoms with Crippen molar-refractivity contribution in [1.82, 2.24) is 0 Å². The number of aromatic carboxylic acids is 1. The molecule has 0 atom stereocenters. The van der Waals surface area contributed by atoms with Gasteiger partial charge < -0.3 is 10.2 Å². The van der Waals surface area contributed by atoms with Crippen molar-refractivity contribution in [3.63, 3.8) is 0 Å². The number of phenols is 1. The summed E-state index contributed by atoms with van der Waals surface area (Å²) in [5.41, 5.74) is 2.41. The first-order chi connectivity index (χ1) is 8.47. The fourth-order valence-corrected chi connectivity index (χ4v) is 1.84. The summed E-state index contributed by atoms with van der Waals surface area (Å²) in [5, 5.41) is 19.1. The average Bonchev–Trinajstić information content (AvgIpc) is 2.31. The second-order valence-corrected chi connectivity index (χ2v) is 4.44. The number of rotatable bonds is 2. The smallest absolute Gasteiger partial charge is 0.335 e. The average molecular weight is 263 g/mol. The highest BCUT2D eigenvalue weighted by atomic mass is 35.5. The summed E-state index contributed by atoms with van der Waals surface area (Å²) in [6, 6.07) is 9.64. The summed E-state index contributed by atoms with van der Waals surface area (Å²) in [5.74, 6) is -1.14. The number of halogens is 1. The number of carbonyl (C=O) groups is 1. The molecule has 0 aliphatic carbocycles. The number of aryl methyl sites for hydroxylation is 1. The van der Waals surface area contributed by atoms with Crippen LogP contribution in [-0.4, -0.2) is 16.2 Å². The van der Waals surface area contributed by atoms with Crippen LogP contribution < -0.4 is 0 Å². The largest absolute Gasteiger partial charge is 0.508 e. The van der Waals surface area contributed by atoms with Crippen LogP contribution in [0.1, 0.15) is 15.9 Å². The van der Waals surface area contributed by atoms with E-state index in [4.69, 9.17) is 16.7 Å². The van der Waals surface area contributed by atoms with Gasteiger partial charge >= 0.3 is 5.97 Å². The summed E-state index contributed by atoms with van der Waals surface area (Å²) in [7, 11) is 0. The summed E-state index contributed by atoms with van der Waals surface area (Å²) in [6.45, 7) is 1.87. The molecule has 0 aromatic heterocycles. The van der Waals surface area contributed by atoms with E-state index in [2.05, 4.69) is 0 Å². The molecule has 0 aliphatic heterocycles. The summed E-state index contributed by atoms with van der Waals surface area (Å²) >= 11 is 5.94. The molecular formula is C14H11ClO3. The Morgan fingerprint density at radius 2 is 1.83 bits per heavy atom.